The highest BCUT2D eigenvalue weighted by Gasteiger charge is 2.59. The van der Waals surface area contributed by atoms with E-state index in [1.807, 2.05) is 0 Å². The zero-order chi connectivity index (χ0) is 15.2. The van der Waals surface area contributed by atoms with Crippen molar-refractivity contribution in [3.63, 3.8) is 0 Å². The van der Waals surface area contributed by atoms with E-state index in [4.69, 9.17) is 0 Å². The first kappa shape index (κ1) is 14.3. The number of amides is 1. The predicted molar refractivity (Wildman–Crippen MR) is 68.7 cm³/mol. The van der Waals surface area contributed by atoms with Crippen LogP contribution in [0.25, 0.3) is 0 Å². The van der Waals surface area contributed by atoms with Gasteiger partial charge in [-0.25, -0.2) is 18.2 Å². The van der Waals surface area contributed by atoms with Gasteiger partial charge in [0, 0.05) is 19.3 Å². The van der Waals surface area contributed by atoms with Gasteiger partial charge < -0.3 is 0 Å². The van der Waals surface area contributed by atoms with Crippen molar-refractivity contribution in [1.29, 1.82) is 0 Å². The van der Waals surface area contributed by atoms with Gasteiger partial charge in [0.05, 0.1) is 12.2 Å². The number of hydrogen-bond donors (Lipinski definition) is 0. The summed E-state index contributed by atoms with van der Waals surface area (Å²) in [5.41, 5.74) is -1.09. The maximum Gasteiger partial charge on any atom is 0.254 e. The van der Waals surface area contributed by atoms with Gasteiger partial charge in [0.25, 0.3) is 12.3 Å². The van der Waals surface area contributed by atoms with Crippen LogP contribution in [0.5, 0.6) is 0 Å². The summed E-state index contributed by atoms with van der Waals surface area (Å²) in [4.78, 5) is 16.3. The van der Waals surface area contributed by atoms with E-state index in [-0.39, 0.29) is 13.0 Å². The molecule has 1 aromatic rings. The Morgan fingerprint density at radius 1 is 1.48 bits per heavy atom. The van der Waals surface area contributed by atoms with Crippen LogP contribution in [0.15, 0.2) is 18.5 Å². The van der Waals surface area contributed by atoms with E-state index in [1.54, 1.807) is 11.9 Å². The molecule has 2 aliphatic heterocycles. The molecule has 2 fully saturated rings. The Morgan fingerprint density at radius 2 is 2.24 bits per heavy atom. The van der Waals surface area contributed by atoms with Crippen molar-refractivity contribution in [3.05, 3.63) is 29.8 Å². The number of hydrazine groups is 1. The summed E-state index contributed by atoms with van der Waals surface area (Å²) in [5.74, 6) is -1.06. The van der Waals surface area contributed by atoms with E-state index >= 15 is 0 Å². The molecule has 0 saturated carbocycles. The van der Waals surface area contributed by atoms with Gasteiger partial charge in [0.2, 0.25) is 0 Å². The molecule has 4 nitrogen and oxygen atoms in total. The zero-order valence-corrected chi connectivity index (χ0v) is 11.6. The largest absolute Gasteiger partial charge is 0.272 e. The molecular formula is C14H16F3N3O. The van der Waals surface area contributed by atoms with Gasteiger partial charge in [-0.3, -0.25) is 14.8 Å². The van der Waals surface area contributed by atoms with Crippen molar-refractivity contribution in [3.8, 4) is 0 Å². The Balaban J connectivity index is 1.94. The number of hydrogen-bond acceptors (Lipinski definition) is 3. The molecule has 2 aliphatic rings. The third-order valence-corrected chi connectivity index (χ3v) is 4.52. The van der Waals surface area contributed by atoms with E-state index in [0.29, 0.717) is 18.5 Å². The molecule has 0 unspecified atom stereocenters. The number of halogens is 3. The molecule has 0 spiro atoms. The number of pyridine rings is 1. The number of carbonyl (C=O) groups excluding carboxylic acids is 1. The minimum Gasteiger partial charge on any atom is -0.272 e. The number of carbonyl (C=O) groups is 1. The summed E-state index contributed by atoms with van der Waals surface area (Å²) in [6.07, 6.45) is 0.549. The molecule has 1 aromatic heterocycles. The SMILES string of the molecule is CC[C@@]1(C(F)F)CN2CC[C@@H](c3cncc(F)c3)N2C1=O. The molecule has 0 bridgehead atoms. The topological polar surface area (TPSA) is 36.4 Å². The Labute approximate surface area is 120 Å². The molecule has 0 N–H and O–H groups in total. The second-order valence-corrected chi connectivity index (χ2v) is 5.59. The molecule has 0 aliphatic carbocycles. The molecule has 21 heavy (non-hydrogen) atoms. The zero-order valence-electron chi connectivity index (χ0n) is 11.6. The quantitative estimate of drug-likeness (QED) is 0.860. The summed E-state index contributed by atoms with van der Waals surface area (Å²) in [6, 6.07) is 0.899. The third-order valence-electron chi connectivity index (χ3n) is 4.52. The highest BCUT2D eigenvalue weighted by Crippen LogP contribution is 2.46. The fraction of sp³-hybridized carbons (Fsp3) is 0.571. The monoisotopic (exact) mass is 299 g/mol. The van der Waals surface area contributed by atoms with Crippen LogP contribution in [-0.4, -0.2) is 40.4 Å². The lowest BCUT2D eigenvalue weighted by Crippen LogP contribution is -2.41. The van der Waals surface area contributed by atoms with Crippen molar-refractivity contribution in [2.75, 3.05) is 13.1 Å². The fourth-order valence-electron chi connectivity index (χ4n) is 3.24. The van der Waals surface area contributed by atoms with Crippen molar-refractivity contribution in [2.45, 2.75) is 32.2 Å². The maximum absolute atomic E-state index is 13.4. The first-order valence-electron chi connectivity index (χ1n) is 6.96. The number of alkyl halides is 2. The number of nitrogens with zero attached hydrogens (tertiary/aromatic N) is 3. The van der Waals surface area contributed by atoms with Gasteiger partial charge in [-0.05, 0) is 24.5 Å². The average Bonchev–Trinajstić information content (AvgIpc) is 2.98. The van der Waals surface area contributed by atoms with Crippen LogP contribution in [0.4, 0.5) is 13.2 Å². The minimum atomic E-state index is -2.70. The summed E-state index contributed by atoms with van der Waals surface area (Å²) in [5, 5.41) is 3.04. The Morgan fingerprint density at radius 3 is 2.86 bits per heavy atom. The van der Waals surface area contributed by atoms with Gasteiger partial charge in [0.1, 0.15) is 11.2 Å². The van der Waals surface area contributed by atoms with Gasteiger partial charge in [-0.2, -0.15) is 0 Å². The molecule has 0 aromatic carbocycles. The lowest BCUT2D eigenvalue weighted by atomic mass is 9.84. The molecular weight excluding hydrogens is 283 g/mol. The first-order valence-corrected chi connectivity index (χ1v) is 6.96. The normalized spacial score (nSPS) is 29.5. The fourth-order valence-corrected chi connectivity index (χ4v) is 3.24. The minimum absolute atomic E-state index is 0.0270. The summed E-state index contributed by atoms with van der Waals surface area (Å²) in [6.45, 7) is 2.15. The van der Waals surface area contributed by atoms with E-state index in [2.05, 4.69) is 4.98 Å². The lowest BCUT2D eigenvalue weighted by molar-refractivity contribution is -0.148. The second kappa shape index (κ2) is 4.98. The predicted octanol–water partition coefficient (Wildman–Crippen LogP) is 2.39. The highest BCUT2D eigenvalue weighted by atomic mass is 19.3. The van der Waals surface area contributed by atoms with Crippen molar-refractivity contribution >= 4 is 5.91 Å². The molecule has 0 radical (unpaired) electrons. The average molecular weight is 299 g/mol. The van der Waals surface area contributed by atoms with E-state index < -0.39 is 29.6 Å². The van der Waals surface area contributed by atoms with Crippen LogP contribution in [0.3, 0.4) is 0 Å². The van der Waals surface area contributed by atoms with Crippen LogP contribution in [0, 0.1) is 11.2 Å². The number of rotatable bonds is 3. The smallest absolute Gasteiger partial charge is 0.254 e. The molecule has 3 heterocycles. The summed E-state index contributed by atoms with van der Waals surface area (Å²) in [7, 11) is 0. The van der Waals surface area contributed by atoms with Gasteiger partial charge >= 0.3 is 0 Å². The molecule has 3 rings (SSSR count). The van der Waals surface area contributed by atoms with E-state index in [0.717, 1.165) is 6.20 Å². The summed E-state index contributed by atoms with van der Waals surface area (Å²) >= 11 is 0. The van der Waals surface area contributed by atoms with Crippen LogP contribution >= 0.6 is 0 Å². The van der Waals surface area contributed by atoms with Crippen LogP contribution in [-0.2, 0) is 4.79 Å². The molecule has 2 atom stereocenters. The summed E-state index contributed by atoms with van der Waals surface area (Å²) < 4.78 is 40.1. The molecule has 2 saturated heterocycles. The van der Waals surface area contributed by atoms with Gasteiger partial charge in [0.15, 0.2) is 0 Å². The Bertz CT molecular complexity index is 568. The van der Waals surface area contributed by atoms with E-state index in [1.165, 1.54) is 17.3 Å². The van der Waals surface area contributed by atoms with Crippen molar-refractivity contribution in [1.82, 2.24) is 15.0 Å². The Hall–Kier alpha value is -1.63. The lowest BCUT2D eigenvalue weighted by Gasteiger charge is -2.27. The first-order chi connectivity index (χ1) is 9.99. The highest BCUT2D eigenvalue weighted by molar-refractivity contribution is 5.85. The number of aromatic nitrogens is 1. The number of fused-ring (bicyclic) bond motifs is 1. The van der Waals surface area contributed by atoms with Crippen LogP contribution in [0.1, 0.15) is 31.4 Å². The Kier molecular flexibility index (Phi) is 3.39. The molecule has 1 amide bonds. The van der Waals surface area contributed by atoms with Gasteiger partial charge in [-0.15, -0.1) is 0 Å². The van der Waals surface area contributed by atoms with Crippen LogP contribution < -0.4 is 0 Å². The van der Waals surface area contributed by atoms with Crippen LogP contribution in [0.2, 0.25) is 0 Å². The van der Waals surface area contributed by atoms with Gasteiger partial charge in [-0.1, -0.05) is 6.92 Å². The second-order valence-electron chi connectivity index (χ2n) is 5.59. The molecule has 7 heteroatoms. The van der Waals surface area contributed by atoms with E-state index in [9.17, 15) is 18.0 Å². The standard InChI is InChI=1S/C14H16F3N3O/c1-2-14(12(16)17)8-19-4-3-11(20(19)13(14)21)9-5-10(15)7-18-6-9/h5-7,11-12H,2-4,8H2,1H3/t11-,14-/m0/s1. The maximum atomic E-state index is 13.4. The molecule has 114 valence electrons. The van der Waals surface area contributed by atoms with Crippen molar-refractivity contribution in [2.24, 2.45) is 5.41 Å². The third kappa shape index (κ3) is 2.02. The van der Waals surface area contributed by atoms with Crippen molar-refractivity contribution < 1.29 is 18.0 Å².